The molecular weight excluding hydrogens is 302 g/mol. The van der Waals surface area contributed by atoms with Gasteiger partial charge in [-0.1, -0.05) is 12.2 Å². The lowest BCUT2D eigenvalue weighted by Gasteiger charge is -2.45. The highest BCUT2D eigenvalue weighted by Gasteiger charge is 2.65. The van der Waals surface area contributed by atoms with Crippen LogP contribution in [-0.4, -0.2) is 31.6 Å². The Morgan fingerprint density at radius 1 is 1.12 bits per heavy atom. The summed E-state index contributed by atoms with van der Waals surface area (Å²) < 4.78 is 11.0. The molecular formula is C20H23NO3. The van der Waals surface area contributed by atoms with Crippen molar-refractivity contribution in [2.45, 2.75) is 25.3 Å². The summed E-state index contributed by atoms with van der Waals surface area (Å²) in [5, 5.41) is 0. The van der Waals surface area contributed by atoms with Crippen LogP contribution >= 0.6 is 0 Å². The second-order valence-electron chi connectivity index (χ2n) is 7.75. The van der Waals surface area contributed by atoms with Crippen LogP contribution in [0.15, 0.2) is 24.3 Å². The summed E-state index contributed by atoms with van der Waals surface area (Å²) in [6.45, 7) is 3.08. The molecule has 0 spiro atoms. The lowest BCUT2D eigenvalue weighted by atomic mass is 9.69. The number of hydrogen-bond acceptors (Lipinski definition) is 3. The van der Waals surface area contributed by atoms with Crippen LogP contribution in [0.3, 0.4) is 0 Å². The zero-order valence-electron chi connectivity index (χ0n) is 14.4. The molecule has 4 aliphatic rings. The number of fused-ring (bicyclic) bond motifs is 9. The number of ether oxygens (including phenoxy) is 2. The topological polar surface area (TPSA) is 38.8 Å². The zero-order chi connectivity index (χ0) is 16.6. The first-order chi connectivity index (χ1) is 11.6. The smallest absolute Gasteiger partial charge is 0.227 e. The predicted octanol–water partition coefficient (Wildman–Crippen LogP) is 2.76. The fraction of sp³-hybridized carbons (Fsp3) is 0.550. The number of carbonyl (C=O) groups is 1. The van der Waals surface area contributed by atoms with E-state index in [1.54, 1.807) is 14.2 Å². The van der Waals surface area contributed by atoms with Crippen LogP contribution in [0.1, 0.15) is 24.5 Å². The first-order valence-corrected chi connectivity index (χ1v) is 8.84. The Labute approximate surface area is 142 Å². The molecule has 5 atom stereocenters. The molecule has 1 aromatic carbocycles. The molecule has 5 rings (SSSR count). The van der Waals surface area contributed by atoms with E-state index in [4.69, 9.17) is 9.47 Å². The Morgan fingerprint density at radius 3 is 2.58 bits per heavy atom. The molecule has 0 N–H and O–H groups in total. The van der Waals surface area contributed by atoms with Crippen molar-refractivity contribution in [3.05, 3.63) is 35.4 Å². The van der Waals surface area contributed by atoms with Crippen LogP contribution in [0.4, 0.5) is 0 Å². The highest BCUT2D eigenvalue weighted by molar-refractivity contribution is 5.85. The van der Waals surface area contributed by atoms with Crippen molar-refractivity contribution in [3.63, 3.8) is 0 Å². The molecule has 24 heavy (non-hydrogen) atoms. The highest BCUT2D eigenvalue weighted by atomic mass is 16.5. The van der Waals surface area contributed by atoms with Crippen LogP contribution in [0.2, 0.25) is 0 Å². The van der Waals surface area contributed by atoms with Gasteiger partial charge < -0.3 is 14.4 Å². The summed E-state index contributed by atoms with van der Waals surface area (Å²) in [6.07, 6.45) is 6.66. The molecule has 4 heteroatoms. The molecule has 2 aliphatic heterocycles. The first-order valence-electron chi connectivity index (χ1n) is 8.84. The van der Waals surface area contributed by atoms with E-state index in [-0.39, 0.29) is 11.5 Å². The summed E-state index contributed by atoms with van der Waals surface area (Å²) in [5.41, 5.74) is 2.33. The Hall–Kier alpha value is -1.97. The quantitative estimate of drug-likeness (QED) is 0.785. The van der Waals surface area contributed by atoms with Crippen LogP contribution in [0, 0.1) is 23.7 Å². The number of allylic oxidation sites excluding steroid dienone is 2. The highest BCUT2D eigenvalue weighted by Crippen LogP contribution is 2.63. The maximum absolute atomic E-state index is 13.1. The van der Waals surface area contributed by atoms with E-state index in [2.05, 4.69) is 36.1 Å². The second-order valence-corrected chi connectivity index (χ2v) is 7.75. The van der Waals surface area contributed by atoms with Gasteiger partial charge in [0.15, 0.2) is 11.5 Å². The number of hydrogen-bond donors (Lipinski definition) is 0. The maximum Gasteiger partial charge on any atom is 0.227 e. The zero-order valence-corrected chi connectivity index (χ0v) is 14.4. The van der Waals surface area contributed by atoms with Gasteiger partial charge >= 0.3 is 0 Å². The van der Waals surface area contributed by atoms with Crippen molar-refractivity contribution in [2.75, 3.05) is 20.8 Å². The van der Waals surface area contributed by atoms with E-state index < -0.39 is 0 Å². The number of carbonyl (C=O) groups excluding carboxylic acids is 1. The van der Waals surface area contributed by atoms with E-state index >= 15 is 0 Å². The average molecular weight is 325 g/mol. The van der Waals surface area contributed by atoms with Gasteiger partial charge in [-0.3, -0.25) is 4.79 Å². The van der Waals surface area contributed by atoms with Crippen LogP contribution in [-0.2, 0) is 16.8 Å². The third kappa shape index (κ3) is 1.48. The average Bonchev–Trinajstić information content (AvgIpc) is 3.27. The van der Waals surface area contributed by atoms with Crippen molar-refractivity contribution < 1.29 is 14.3 Å². The molecule has 0 radical (unpaired) electrons. The van der Waals surface area contributed by atoms with Gasteiger partial charge in [0.05, 0.1) is 25.7 Å². The standard InChI is InChI=1S/C20H23NO3/c1-20-14-10-16(24-3)15(23-2)9-11(14)6-7-21(20)19(22)17-12-4-5-13(8-12)18(17)20/h4-5,9-10,12-13,17-18H,6-8H2,1-3H3/t12-,13+,17-,18+,20-/m1/s1. The maximum atomic E-state index is 13.1. The second kappa shape index (κ2) is 4.56. The Balaban J connectivity index is 1.71. The van der Waals surface area contributed by atoms with E-state index in [0.717, 1.165) is 30.9 Å². The monoisotopic (exact) mass is 325 g/mol. The molecule has 1 saturated carbocycles. The molecule has 126 valence electrons. The molecule has 1 amide bonds. The lowest BCUT2D eigenvalue weighted by molar-refractivity contribution is -0.135. The molecule has 0 unspecified atom stereocenters. The molecule has 2 bridgehead atoms. The van der Waals surface area contributed by atoms with Crippen molar-refractivity contribution >= 4 is 5.91 Å². The van der Waals surface area contributed by atoms with E-state index in [1.807, 2.05) is 0 Å². The Morgan fingerprint density at radius 2 is 1.83 bits per heavy atom. The number of benzene rings is 1. The third-order valence-corrected chi connectivity index (χ3v) is 6.98. The van der Waals surface area contributed by atoms with Gasteiger partial charge in [0.1, 0.15) is 0 Å². The fourth-order valence-electron chi connectivity index (χ4n) is 6.01. The summed E-state index contributed by atoms with van der Waals surface area (Å²) >= 11 is 0. The van der Waals surface area contributed by atoms with E-state index in [9.17, 15) is 4.79 Å². The van der Waals surface area contributed by atoms with Crippen molar-refractivity contribution in [1.29, 1.82) is 0 Å². The van der Waals surface area contributed by atoms with Crippen molar-refractivity contribution in [3.8, 4) is 11.5 Å². The first kappa shape index (κ1) is 14.4. The number of nitrogens with zero attached hydrogens (tertiary/aromatic N) is 1. The summed E-state index contributed by atoms with van der Waals surface area (Å²) in [6, 6.07) is 4.23. The molecule has 2 heterocycles. The van der Waals surface area contributed by atoms with Crippen LogP contribution < -0.4 is 9.47 Å². The van der Waals surface area contributed by atoms with Gasteiger partial charge in [-0.2, -0.15) is 0 Å². The predicted molar refractivity (Wildman–Crippen MR) is 90.0 cm³/mol. The van der Waals surface area contributed by atoms with E-state index in [1.165, 1.54) is 11.1 Å². The molecule has 4 nitrogen and oxygen atoms in total. The number of methoxy groups -OCH3 is 2. The number of rotatable bonds is 2. The minimum Gasteiger partial charge on any atom is -0.493 e. The fourth-order valence-corrected chi connectivity index (χ4v) is 6.01. The third-order valence-electron chi connectivity index (χ3n) is 6.98. The summed E-state index contributed by atoms with van der Waals surface area (Å²) in [4.78, 5) is 15.3. The van der Waals surface area contributed by atoms with Crippen LogP contribution in [0.25, 0.3) is 0 Å². The molecule has 1 saturated heterocycles. The molecule has 2 aliphatic carbocycles. The van der Waals surface area contributed by atoms with Gasteiger partial charge in [0, 0.05) is 12.5 Å². The van der Waals surface area contributed by atoms with E-state index in [0.29, 0.717) is 23.7 Å². The summed E-state index contributed by atoms with van der Waals surface area (Å²) in [5.74, 6) is 3.42. The van der Waals surface area contributed by atoms with Crippen molar-refractivity contribution in [2.24, 2.45) is 23.7 Å². The van der Waals surface area contributed by atoms with Crippen LogP contribution in [0.5, 0.6) is 11.5 Å². The Bertz CT molecular complexity index is 770. The molecule has 1 aromatic rings. The summed E-state index contributed by atoms with van der Waals surface area (Å²) in [7, 11) is 3.35. The van der Waals surface area contributed by atoms with Crippen molar-refractivity contribution in [1.82, 2.24) is 4.90 Å². The molecule has 2 fully saturated rings. The molecule has 0 aromatic heterocycles. The minimum atomic E-state index is -0.223. The Kier molecular flexibility index (Phi) is 2.73. The normalized spacial score (nSPS) is 38.1. The van der Waals surface area contributed by atoms with Gasteiger partial charge in [-0.15, -0.1) is 0 Å². The SMILES string of the molecule is COc1cc2c(cc1OC)[C@]1(C)[C@@H]3[C@H](C(=O)N1CC2)[C@@H]1C=C[C@H]3C1. The lowest BCUT2D eigenvalue weighted by Crippen LogP contribution is -2.49. The van der Waals surface area contributed by atoms with Gasteiger partial charge in [0.25, 0.3) is 0 Å². The minimum absolute atomic E-state index is 0.170. The van der Waals surface area contributed by atoms with Gasteiger partial charge in [0.2, 0.25) is 5.91 Å². The van der Waals surface area contributed by atoms with Gasteiger partial charge in [-0.05, 0) is 54.9 Å². The largest absolute Gasteiger partial charge is 0.493 e. The van der Waals surface area contributed by atoms with Gasteiger partial charge in [-0.25, -0.2) is 0 Å². The number of amides is 1.